The minimum absolute atomic E-state index is 0.0554. The number of rotatable bonds is 5. The number of carbonyl (C=O) groups excluding carboxylic acids is 1. The van der Waals surface area contributed by atoms with Crippen molar-refractivity contribution in [3.05, 3.63) is 42.0 Å². The molecule has 16 heavy (non-hydrogen) atoms. The van der Waals surface area contributed by atoms with Gasteiger partial charge >= 0.3 is 0 Å². The molecule has 0 saturated heterocycles. The van der Waals surface area contributed by atoms with Crippen molar-refractivity contribution in [2.75, 3.05) is 0 Å². The molecule has 2 nitrogen and oxygen atoms in total. The van der Waals surface area contributed by atoms with Gasteiger partial charge in [-0.05, 0) is 49.6 Å². The van der Waals surface area contributed by atoms with Gasteiger partial charge in [-0.2, -0.15) is 0 Å². The normalized spacial score (nSPS) is 15.3. The van der Waals surface area contributed by atoms with Crippen molar-refractivity contribution in [1.29, 1.82) is 0 Å². The topological polar surface area (TPSA) is 26.3 Å². The lowest BCUT2D eigenvalue weighted by Crippen LogP contribution is -1.97. The maximum Gasteiger partial charge on any atom is 0.185 e. The molecule has 0 amide bonds. The van der Waals surface area contributed by atoms with Crippen molar-refractivity contribution in [2.45, 2.75) is 32.3 Å². The Hall–Kier alpha value is -1.57. The minimum Gasteiger partial charge on any atom is -0.490 e. The van der Waals surface area contributed by atoms with Crippen LogP contribution in [0.5, 0.6) is 5.75 Å². The van der Waals surface area contributed by atoms with Gasteiger partial charge < -0.3 is 4.74 Å². The zero-order valence-electron chi connectivity index (χ0n) is 9.48. The number of ketones is 1. The van der Waals surface area contributed by atoms with E-state index in [1.54, 1.807) is 6.08 Å². The van der Waals surface area contributed by atoms with Crippen molar-refractivity contribution >= 4 is 5.78 Å². The molecule has 0 atom stereocenters. The summed E-state index contributed by atoms with van der Waals surface area (Å²) in [4.78, 5) is 11.6. The molecule has 1 aliphatic rings. The molecule has 2 heteroatoms. The van der Waals surface area contributed by atoms with Gasteiger partial charge in [-0.1, -0.05) is 13.0 Å². The summed E-state index contributed by atoms with van der Waals surface area (Å²) in [6.07, 6.45) is 7.09. The first-order valence-corrected chi connectivity index (χ1v) is 5.77. The Kier molecular flexibility index (Phi) is 3.40. The van der Waals surface area contributed by atoms with E-state index in [4.69, 9.17) is 4.74 Å². The Bertz CT molecular complexity index is 386. The molecular formula is C14H16O2. The number of benzene rings is 1. The van der Waals surface area contributed by atoms with Crippen LogP contribution < -0.4 is 4.74 Å². The quantitative estimate of drug-likeness (QED) is 0.557. The largest absolute Gasteiger partial charge is 0.490 e. The maximum atomic E-state index is 11.6. The lowest BCUT2D eigenvalue weighted by Gasteiger charge is -2.04. The van der Waals surface area contributed by atoms with E-state index in [-0.39, 0.29) is 5.78 Å². The molecule has 0 bridgehead atoms. The van der Waals surface area contributed by atoms with Gasteiger partial charge in [-0.15, -0.1) is 0 Å². The van der Waals surface area contributed by atoms with Crippen molar-refractivity contribution in [1.82, 2.24) is 0 Å². The van der Waals surface area contributed by atoms with E-state index >= 15 is 0 Å². The third-order valence-corrected chi connectivity index (χ3v) is 2.47. The molecule has 0 radical (unpaired) electrons. The van der Waals surface area contributed by atoms with E-state index in [9.17, 15) is 4.79 Å². The van der Waals surface area contributed by atoms with Crippen LogP contribution in [0.15, 0.2) is 36.4 Å². The van der Waals surface area contributed by atoms with Crippen LogP contribution in [0.1, 0.15) is 36.5 Å². The maximum absolute atomic E-state index is 11.6. The van der Waals surface area contributed by atoms with E-state index in [0.717, 1.165) is 25.0 Å². The zero-order valence-corrected chi connectivity index (χ0v) is 9.48. The Morgan fingerprint density at radius 1 is 1.38 bits per heavy atom. The molecular weight excluding hydrogens is 200 g/mol. The fraction of sp³-hybridized carbons (Fsp3) is 0.357. The van der Waals surface area contributed by atoms with E-state index < -0.39 is 0 Å². The van der Waals surface area contributed by atoms with Gasteiger partial charge in [0, 0.05) is 5.56 Å². The Morgan fingerprint density at radius 3 is 2.62 bits per heavy atom. The molecule has 1 saturated carbocycles. The monoisotopic (exact) mass is 216 g/mol. The average molecular weight is 216 g/mol. The summed E-state index contributed by atoms with van der Waals surface area (Å²) in [6.45, 7) is 2.01. The van der Waals surface area contributed by atoms with Crippen LogP contribution in [0.2, 0.25) is 0 Å². The molecule has 1 aromatic carbocycles. The van der Waals surface area contributed by atoms with Crippen LogP contribution in [0.3, 0.4) is 0 Å². The Morgan fingerprint density at radius 2 is 2.06 bits per heavy atom. The Balaban J connectivity index is 2.00. The number of carbonyl (C=O) groups is 1. The van der Waals surface area contributed by atoms with Crippen LogP contribution in [0.25, 0.3) is 0 Å². The number of ether oxygens (including phenoxy) is 1. The average Bonchev–Trinajstić information content (AvgIpc) is 3.11. The third-order valence-electron chi connectivity index (χ3n) is 2.47. The van der Waals surface area contributed by atoms with Crippen LogP contribution in [0.4, 0.5) is 0 Å². The highest BCUT2D eigenvalue weighted by Gasteiger charge is 2.23. The van der Waals surface area contributed by atoms with Gasteiger partial charge in [0.05, 0.1) is 6.10 Å². The lowest BCUT2D eigenvalue weighted by atomic mass is 10.1. The standard InChI is InChI=1S/C14H16O2/c1-2-3-4-14(15)11-5-7-12(8-6-11)16-13-9-10-13/h3-8,13H,2,9-10H2,1H3/b4-3+. The van der Waals surface area contributed by atoms with E-state index in [2.05, 4.69) is 0 Å². The van der Waals surface area contributed by atoms with Gasteiger partial charge in [0.2, 0.25) is 0 Å². The van der Waals surface area contributed by atoms with Gasteiger partial charge in [0.1, 0.15) is 5.75 Å². The van der Waals surface area contributed by atoms with Crippen molar-refractivity contribution in [2.24, 2.45) is 0 Å². The van der Waals surface area contributed by atoms with Crippen LogP contribution in [0, 0.1) is 0 Å². The van der Waals surface area contributed by atoms with Crippen LogP contribution in [-0.4, -0.2) is 11.9 Å². The number of hydrogen-bond acceptors (Lipinski definition) is 2. The molecule has 0 aliphatic heterocycles. The van der Waals surface area contributed by atoms with E-state index in [1.165, 1.54) is 0 Å². The highest BCUT2D eigenvalue weighted by molar-refractivity contribution is 6.04. The smallest absolute Gasteiger partial charge is 0.185 e. The lowest BCUT2D eigenvalue weighted by molar-refractivity contribution is 0.104. The van der Waals surface area contributed by atoms with E-state index in [0.29, 0.717) is 11.7 Å². The molecule has 84 valence electrons. The summed E-state index contributed by atoms with van der Waals surface area (Å²) in [5.74, 6) is 0.915. The van der Waals surface area contributed by atoms with Gasteiger partial charge in [0.25, 0.3) is 0 Å². The van der Waals surface area contributed by atoms with Crippen molar-refractivity contribution in [3.63, 3.8) is 0 Å². The Labute approximate surface area is 95.9 Å². The molecule has 0 spiro atoms. The van der Waals surface area contributed by atoms with Gasteiger partial charge in [-0.25, -0.2) is 0 Å². The summed E-state index contributed by atoms with van der Waals surface area (Å²) in [6, 6.07) is 7.37. The highest BCUT2D eigenvalue weighted by Crippen LogP contribution is 2.26. The molecule has 2 rings (SSSR count). The molecule has 0 heterocycles. The first-order chi connectivity index (χ1) is 7.79. The summed E-state index contributed by atoms with van der Waals surface area (Å²) in [5, 5.41) is 0. The predicted octanol–water partition coefficient (Wildman–Crippen LogP) is 3.38. The predicted molar refractivity (Wildman–Crippen MR) is 63.9 cm³/mol. The first-order valence-electron chi connectivity index (χ1n) is 5.77. The van der Waals surface area contributed by atoms with Crippen molar-refractivity contribution < 1.29 is 9.53 Å². The SMILES string of the molecule is CC/C=C/C(=O)c1ccc(OC2CC2)cc1. The fourth-order valence-corrected chi connectivity index (χ4v) is 1.40. The van der Waals surface area contributed by atoms with Crippen LogP contribution >= 0.6 is 0 Å². The third kappa shape index (κ3) is 2.96. The zero-order chi connectivity index (χ0) is 11.4. The number of allylic oxidation sites excluding steroid dienone is 2. The fourth-order valence-electron chi connectivity index (χ4n) is 1.40. The summed E-state index contributed by atoms with van der Waals surface area (Å²) in [7, 11) is 0. The molecule has 0 aromatic heterocycles. The number of hydrogen-bond donors (Lipinski definition) is 0. The summed E-state index contributed by atoms with van der Waals surface area (Å²) in [5.41, 5.74) is 0.716. The van der Waals surface area contributed by atoms with Crippen molar-refractivity contribution in [3.8, 4) is 5.75 Å². The molecule has 0 N–H and O–H groups in total. The second-order valence-corrected chi connectivity index (χ2v) is 4.02. The molecule has 1 fully saturated rings. The minimum atomic E-state index is 0.0554. The molecule has 1 aliphatic carbocycles. The van der Waals surface area contributed by atoms with Gasteiger partial charge in [0.15, 0.2) is 5.78 Å². The highest BCUT2D eigenvalue weighted by atomic mass is 16.5. The first kappa shape index (κ1) is 10.9. The van der Waals surface area contributed by atoms with Crippen LogP contribution in [-0.2, 0) is 0 Å². The molecule has 1 aromatic rings. The second kappa shape index (κ2) is 4.97. The molecule has 0 unspecified atom stereocenters. The summed E-state index contributed by atoms with van der Waals surface area (Å²) < 4.78 is 5.61. The summed E-state index contributed by atoms with van der Waals surface area (Å²) >= 11 is 0. The van der Waals surface area contributed by atoms with E-state index in [1.807, 2.05) is 37.3 Å². The van der Waals surface area contributed by atoms with Gasteiger partial charge in [-0.3, -0.25) is 4.79 Å². The second-order valence-electron chi connectivity index (χ2n) is 4.02.